The fraction of sp³-hybridized carbons (Fsp3) is 0.194. The summed E-state index contributed by atoms with van der Waals surface area (Å²) < 4.78 is 11.0. The summed E-state index contributed by atoms with van der Waals surface area (Å²) in [6, 6.07) is 19.9. The molecule has 0 spiro atoms. The van der Waals surface area contributed by atoms with Crippen molar-refractivity contribution in [3.05, 3.63) is 112 Å². The molecule has 1 aliphatic rings. The summed E-state index contributed by atoms with van der Waals surface area (Å²) in [6.07, 6.45) is 0.0443. The van der Waals surface area contributed by atoms with E-state index in [1.54, 1.807) is 54.6 Å². The zero-order valence-corrected chi connectivity index (χ0v) is 21.9. The van der Waals surface area contributed by atoms with Crippen LogP contribution >= 0.6 is 0 Å². The Kier molecular flexibility index (Phi) is 7.29. The van der Waals surface area contributed by atoms with Gasteiger partial charge < -0.3 is 14.5 Å². The summed E-state index contributed by atoms with van der Waals surface area (Å²) in [4.78, 5) is 65.7. The van der Waals surface area contributed by atoms with Gasteiger partial charge in [0.05, 0.1) is 11.1 Å². The molecule has 40 heavy (non-hydrogen) atoms. The zero-order chi connectivity index (χ0) is 28.4. The molecule has 1 unspecified atom stereocenters. The van der Waals surface area contributed by atoms with Gasteiger partial charge in [-0.25, -0.2) is 9.59 Å². The molecule has 0 aliphatic carbocycles. The molecule has 0 saturated heterocycles. The minimum absolute atomic E-state index is 0.0443. The first-order valence-electron chi connectivity index (χ1n) is 12.8. The number of carbonyl (C=O) groups is 4. The zero-order valence-electron chi connectivity index (χ0n) is 21.9. The van der Waals surface area contributed by atoms with Crippen LogP contribution in [0.3, 0.4) is 0 Å². The standard InChI is InChI=1S/C31H26N2O7/c1-18(2)17-32-27(34)24-15-20-12-13-21(16-26(20)40-30(24)37)39-31(38)25(14-19-8-4-3-5-9-19)33-28(35)22-10-6-7-11-23(22)29(33)36/h3-13,15-16,18,25H,14,17H2,1-2H3,(H,32,34). The lowest BCUT2D eigenvalue weighted by molar-refractivity contribution is -0.138. The number of nitrogens with one attached hydrogen (secondary N) is 1. The molecule has 4 aromatic rings. The van der Waals surface area contributed by atoms with E-state index >= 15 is 0 Å². The van der Waals surface area contributed by atoms with Crippen LogP contribution in [0.4, 0.5) is 0 Å². The first-order valence-corrected chi connectivity index (χ1v) is 12.8. The Labute approximate surface area is 229 Å². The van der Waals surface area contributed by atoms with Crippen LogP contribution < -0.4 is 15.7 Å². The van der Waals surface area contributed by atoms with Crippen molar-refractivity contribution in [3.63, 3.8) is 0 Å². The van der Waals surface area contributed by atoms with Gasteiger partial charge in [-0.2, -0.15) is 0 Å². The van der Waals surface area contributed by atoms with Crippen molar-refractivity contribution in [1.29, 1.82) is 0 Å². The lowest BCUT2D eigenvalue weighted by Gasteiger charge is -2.24. The molecule has 3 aromatic carbocycles. The Morgan fingerprint density at radius 1 is 0.875 bits per heavy atom. The average Bonchev–Trinajstić information content (AvgIpc) is 3.20. The molecule has 0 bridgehead atoms. The molecule has 0 radical (unpaired) electrons. The van der Waals surface area contributed by atoms with E-state index in [1.165, 1.54) is 18.2 Å². The van der Waals surface area contributed by atoms with Gasteiger partial charge in [-0.05, 0) is 41.8 Å². The Balaban J connectivity index is 1.43. The molecular weight excluding hydrogens is 512 g/mol. The molecule has 202 valence electrons. The minimum Gasteiger partial charge on any atom is -0.425 e. The highest BCUT2D eigenvalue weighted by molar-refractivity contribution is 6.22. The monoisotopic (exact) mass is 538 g/mol. The number of nitrogens with zero attached hydrogens (tertiary/aromatic N) is 1. The molecular formula is C31H26N2O7. The fourth-order valence-corrected chi connectivity index (χ4v) is 4.50. The van der Waals surface area contributed by atoms with Crippen molar-refractivity contribution in [2.75, 3.05) is 6.54 Å². The van der Waals surface area contributed by atoms with Gasteiger partial charge in [-0.15, -0.1) is 0 Å². The molecule has 1 N–H and O–H groups in total. The number of amides is 3. The molecule has 0 saturated carbocycles. The first kappa shape index (κ1) is 26.6. The summed E-state index contributed by atoms with van der Waals surface area (Å²) in [5.74, 6) is -2.26. The summed E-state index contributed by atoms with van der Waals surface area (Å²) in [5, 5.41) is 3.14. The van der Waals surface area contributed by atoms with Crippen LogP contribution in [0, 0.1) is 5.92 Å². The lowest BCUT2D eigenvalue weighted by Crippen LogP contribution is -2.48. The lowest BCUT2D eigenvalue weighted by atomic mass is 10.0. The quantitative estimate of drug-likeness (QED) is 0.156. The highest BCUT2D eigenvalue weighted by atomic mass is 16.5. The highest BCUT2D eigenvalue weighted by Gasteiger charge is 2.43. The van der Waals surface area contributed by atoms with Crippen molar-refractivity contribution in [2.24, 2.45) is 5.92 Å². The van der Waals surface area contributed by atoms with Crippen molar-refractivity contribution in [1.82, 2.24) is 10.2 Å². The van der Waals surface area contributed by atoms with Gasteiger partial charge in [0, 0.05) is 24.4 Å². The van der Waals surface area contributed by atoms with Crippen molar-refractivity contribution in [2.45, 2.75) is 26.3 Å². The Morgan fingerprint density at radius 3 is 2.17 bits per heavy atom. The minimum atomic E-state index is -1.25. The topological polar surface area (TPSA) is 123 Å². The molecule has 9 heteroatoms. The van der Waals surface area contributed by atoms with Gasteiger partial charge in [0.2, 0.25) is 0 Å². The summed E-state index contributed by atoms with van der Waals surface area (Å²) in [6.45, 7) is 4.28. The van der Waals surface area contributed by atoms with Crippen molar-refractivity contribution >= 4 is 34.7 Å². The maximum Gasteiger partial charge on any atom is 0.349 e. The van der Waals surface area contributed by atoms with Gasteiger partial charge in [-0.1, -0.05) is 56.3 Å². The SMILES string of the molecule is CC(C)CNC(=O)c1cc2ccc(OC(=O)C(Cc3ccccc3)N3C(=O)c4ccccc4C3=O)cc2oc1=O. The summed E-state index contributed by atoms with van der Waals surface area (Å²) in [5.41, 5.74) is 0.319. The smallest absolute Gasteiger partial charge is 0.349 e. The predicted molar refractivity (Wildman–Crippen MR) is 146 cm³/mol. The first-order chi connectivity index (χ1) is 19.2. The number of esters is 1. The third-order valence-corrected chi connectivity index (χ3v) is 6.52. The second kappa shape index (κ2) is 11.0. The van der Waals surface area contributed by atoms with Crippen LogP contribution in [0.1, 0.15) is 50.5 Å². The normalized spacial score (nSPS) is 13.4. The van der Waals surface area contributed by atoms with E-state index in [9.17, 15) is 24.0 Å². The number of ether oxygens (including phenoxy) is 1. The van der Waals surface area contributed by atoms with E-state index in [0.29, 0.717) is 11.9 Å². The molecule has 1 aromatic heterocycles. The van der Waals surface area contributed by atoms with Crippen LogP contribution in [-0.2, 0) is 11.2 Å². The van der Waals surface area contributed by atoms with Crippen LogP contribution in [0.5, 0.6) is 5.75 Å². The van der Waals surface area contributed by atoms with Gasteiger partial charge in [0.25, 0.3) is 17.7 Å². The molecule has 1 atom stereocenters. The van der Waals surface area contributed by atoms with E-state index in [2.05, 4.69) is 5.32 Å². The second-order valence-electron chi connectivity index (χ2n) is 9.90. The average molecular weight is 539 g/mol. The second-order valence-corrected chi connectivity index (χ2v) is 9.90. The molecule has 2 heterocycles. The number of rotatable bonds is 8. The number of fused-ring (bicyclic) bond motifs is 2. The van der Waals surface area contributed by atoms with Crippen LogP contribution in [-0.4, -0.2) is 41.2 Å². The van der Waals surface area contributed by atoms with Crippen molar-refractivity contribution < 1.29 is 28.3 Å². The maximum atomic E-state index is 13.5. The van der Waals surface area contributed by atoms with Crippen molar-refractivity contribution in [3.8, 4) is 5.75 Å². The summed E-state index contributed by atoms with van der Waals surface area (Å²) in [7, 11) is 0. The number of hydrogen-bond acceptors (Lipinski definition) is 7. The molecule has 9 nitrogen and oxygen atoms in total. The fourth-order valence-electron chi connectivity index (χ4n) is 4.50. The van der Waals surface area contributed by atoms with E-state index in [4.69, 9.17) is 9.15 Å². The number of hydrogen-bond donors (Lipinski definition) is 1. The van der Waals surface area contributed by atoms with Crippen LogP contribution in [0.25, 0.3) is 11.0 Å². The molecule has 0 fully saturated rings. The third kappa shape index (κ3) is 5.26. The van der Waals surface area contributed by atoms with Gasteiger partial charge >= 0.3 is 11.6 Å². The Bertz CT molecular complexity index is 1660. The van der Waals surface area contributed by atoms with E-state index < -0.39 is 35.4 Å². The van der Waals surface area contributed by atoms with Crippen LogP contribution in [0.15, 0.2) is 88.1 Å². The third-order valence-electron chi connectivity index (χ3n) is 6.52. The number of benzene rings is 3. The highest BCUT2D eigenvalue weighted by Crippen LogP contribution is 2.28. The Morgan fingerprint density at radius 2 is 1.52 bits per heavy atom. The van der Waals surface area contributed by atoms with E-state index in [-0.39, 0.29) is 40.4 Å². The molecule has 3 amide bonds. The van der Waals surface area contributed by atoms with E-state index in [0.717, 1.165) is 10.5 Å². The molecule has 5 rings (SSSR count). The van der Waals surface area contributed by atoms with Gasteiger partial charge in [0.1, 0.15) is 22.9 Å². The summed E-state index contributed by atoms with van der Waals surface area (Å²) >= 11 is 0. The molecule has 1 aliphatic heterocycles. The van der Waals surface area contributed by atoms with E-state index in [1.807, 2.05) is 19.9 Å². The van der Waals surface area contributed by atoms with Gasteiger partial charge in [-0.3, -0.25) is 19.3 Å². The Hall–Kier alpha value is -5.05. The largest absolute Gasteiger partial charge is 0.425 e. The van der Waals surface area contributed by atoms with Gasteiger partial charge in [0.15, 0.2) is 0 Å². The predicted octanol–water partition coefficient (Wildman–Crippen LogP) is 3.99. The number of carbonyl (C=O) groups excluding carboxylic acids is 4. The maximum absolute atomic E-state index is 13.5. The van der Waals surface area contributed by atoms with Crippen LogP contribution in [0.2, 0.25) is 0 Å². The number of imide groups is 1.